The quantitative estimate of drug-likeness (QED) is 0.834. The van der Waals surface area contributed by atoms with Gasteiger partial charge < -0.3 is 5.32 Å². The topological polar surface area (TPSA) is 12.0 Å². The fourth-order valence-corrected chi connectivity index (χ4v) is 4.28. The molecule has 98 valence electrons. The summed E-state index contributed by atoms with van der Waals surface area (Å²) in [4.78, 5) is 1.52. The number of fused-ring (bicyclic) bond motifs is 1. The van der Waals surface area contributed by atoms with E-state index in [1.807, 2.05) is 0 Å². The van der Waals surface area contributed by atoms with Gasteiger partial charge in [-0.15, -0.1) is 11.8 Å². The zero-order valence-electron chi connectivity index (χ0n) is 11.2. The molecule has 1 aliphatic carbocycles. The zero-order chi connectivity index (χ0) is 12.4. The molecule has 2 heteroatoms. The molecule has 0 aromatic heterocycles. The highest BCUT2D eigenvalue weighted by molar-refractivity contribution is 8.00. The fourth-order valence-electron chi connectivity index (χ4n) is 2.77. The van der Waals surface area contributed by atoms with Crippen LogP contribution in [0.2, 0.25) is 0 Å². The van der Waals surface area contributed by atoms with Gasteiger partial charge >= 0.3 is 0 Å². The van der Waals surface area contributed by atoms with E-state index in [2.05, 4.69) is 48.3 Å². The van der Waals surface area contributed by atoms with Crippen molar-refractivity contribution in [3.05, 3.63) is 29.8 Å². The van der Waals surface area contributed by atoms with E-state index in [-0.39, 0.29) is 0 Å². The van der Waals surface area contributed by atoms with Gasteiger partial charge in [0.1, 0.15) is 0 Å². The van der Waals surface area contributed by atoms with Crippen LogP contribution in [-0.2, 0) is 6.42 Å². The van der Waals surface area contributed by atoms with Crippen LogP contribution in [0.5, 0.6) is 0 Å². The highest BCUT2D eigenvalue weighted by Crippen LogP contribution is 2.39. The van der Waals surface area contributed by atoms with Gasteiger partial charge in [0.15, 0.2) is 0 Å². The van der Waals surface area contributed by atoms with Crippen molar-refractivity contribution >= 4 is 11.8 Å². The third-order valence-electron chi connectivity index (χ3n) is 4.03. The van der Waals surface area contributed by atoms with Crippen molar-refractivity contribution in [3.8, 4) is 0 Å². The van der Waals surface area contributed by atoms with Crippen molar-refractivity contribution in [2.75, 3.05) is 6.54 Å². The first-order valence-electron chi connectivity index (χ1n) is 7.29. The van der Waals surface area contributed by atoms with E-state index >= 15 is 0 Å². The molecule has 0 bridgehead atoms. The highest BCUT2D eigenvalue weighted by Gasteiger charge is 2.24. The van der Waals surface area contributed by atoms with Gasteiger partial charge in [0, 0.05) is 16.2 Å². The summed E-state index contributed by atoms with van der Waals surface area (Å²) in [5, 5.41) is 4.44. The lowest BCUT2D eigenvalue weighted by Gasteiger charge is -2.16. The Kier molecular flexibility index (Phi) is 3.95. The van der Waals surface area contributed by atoms with Crippen molar-refractivity contribution in [1.82, 2.24) is 5.32 Å². The molecule has 1 aliphatic heterocycles. The number of benzene rings is 1. The summed E-state index contributed by atoms with van der Waals surface area (Å²) in [6.45, 7) is 3.63. The molecule has 3 rings (SSSR count). The maximum atomic E-state index is 3.62. The lowest BCUT2D eigenvalue weighted by molar-refractivity contribution is 0.463. The predicted octanol–water partition coefficient (Wildman–Crippen LogP) is 3.87. The summed E-state index contributed by atoms with van der Waals surface area (Å²) in [6.07, 6.45) is 6.79. The number of rotatable bonds is 6. The summed E-state index contributed by atoms with van der Waals surface area (Å²) >= 11 is 2.10. The third kappa shape index (κ3) is 3.30. The number of thioether (sulfide) groups is 1. The fraction of sp³-hybridized carbons (Fsp3) is 0.625. The summed E-state index contributed by atoms with van der Waals surface area (Å²) in [5.41, 5.74) is 1.57. The minimum Gasteiger partial charge on any atom is -0.314 e. The second kappa shape index (κ2) is 5.66. The van der Waals surface area contributed by atoms with E-state index in [9.17, 15) is 0 Å². The normalized spacial score (nSPS) is 23.9. The molecule has 0 amide bonds. The predicted molar refractivity (Wildman–Crippen MR) is 79.2 cm³/mol. The Morgan fingerprint density at radius 2 is 2.17 bits per heavy atom. The lowest BCUT2D eigenvalue weighted by atomic mass is 9.98. The van der Waals surface area contributed by atoms with Crippen LogP contribution in [0.15, 0.2) is 29.2 Å². The third-order valence-corrected chi connectivity index (χ3v) is 5.37. The van der Waals surface area contributed by atoms with Crippen LogP contribution in [0.1, 0.15) is 38.2 Å². The Balaban J connectivity index is 1.41. The van der Waals surface area contributed by atoms with E-state index in [0.717, 1.165) is 17.2 Å². The van der Waals surface area contributed by atoms with E-state index < -0.39 is 0 Å². The van der Waals surface area contributed by atoms with Crippen LogP contribution in [0.25, 0.3) is 0 Å². The standard InChI is InChI=1S/C16H23NS/c1-12(8-9-17-14-6-7-14)10-15-11-13-4-2-3-5-16(13)18-15/h2-5,12,14-15,17H,6-11H2,1H3. The van der Waals surface area contributed by atoms with Crippen molar-refractivity contribution in [3.63, 3.8) is 0 Å². The van der Waals surface area contributed by atoms with Crippen LogP contribution in [0.3, 0.4) is 0 Å². The highest BCUT2D eigenvalue weighted by atomic mass is 32.2. The molecule has 1 aromatic carbocycles. The molecule has 2 unspecified atom stereocenters. The first-order valence-corrected chi connectivity index (χ1v) is 8.17. The van der Waals surface area contributed by atoms with Crippen molar-refractivity contribution in [1.29, 1.82) is 0 Å². The van der Waals surface area contributed by atoms with E-state index in [1.165, 1.54) is 43.5 Å². The molecule has 0 saturated heterocycles. The van der Waals surface area contributed by atoms with Crippen LogP contribution >= 0.6 is 11.8 Å². The summed E-state index contributed by atoms with van der Waals surface area (Å²) in [5.74, 6) is 0.850. The largest absolute Gasteiger partial charge is 0.314 e. The molecule has 1 aromatic rings. The molecule has 2 aliphatic rings. The molecule has 1 N–H and O–H groups in total. The lowest BCUT2D eigenvalue weighted by Crippen LogP contribution is -2.20. The number of hydrogen-bond acceptors (Lipinski definition) is 2. The smallest absolute Gasteiger partial charge is 0.0138 e. The molecule has 1 fully saturated rings. The first-order chi connectivity index (χ1) is 8.81. The molecule has 0 spiro atoms. The van der Waals surface area contributed by atoms with Gasteiger partial charge in [-0.05, 0) is 56.2 Å². The Bertz CT molecular complexity index is 375. The van der Waals surface area contributed by atoms with Gasteiger partial charge in [0.05, 0.1) is 0 Å². The molecular weight excluding hydrogens is 238 g/mol. The molecule has 18 heavy (non-hydrogen) atoms. The Labute approximate surface area is 115 Å². The van der Waals surface area contributed by atoms with E-state index in [1.54, 1.807) is 5.56 Å². The number of hydrogen-bond donors (Lipinski definition) is 1. The average Bonchev–Trinajstić information content (AvgIpc) is 3.08. The van der Waals surface area contributed by atoms with E-state index in [0.29, 0.717) is 0 Å². The van der Waals surface area contributed by atoms with Crippen LogP contribution in [0.4, 0.5) is 0 Å². The second-order valence-electron chi connectivity index (χ2n) is 5.91. The minimum atomic E-state index is 0.818. The monoisotopic (exact) mass is 261 g/mol. The van der Waals surface area contributed by atoms with E-state index in [4.69, 9.17) is 0 Å². The number of nitrogens with one attached hydrogen (secondary N) is 1. The summed E-state index contributed by atoms with van der Waals surface area (Å²) in [6, 6.07) is 9.77. The molecule has 2 atom stereocenters. The second-order valence-corrected chi connectivity index (χ2v) is 7.25. The Hall–Kier alpha value is -0.470. The van der Waals surface area contributed by atoms with Crippen molar-refractivity contribution < 1.29 is 0 Å². The molecular formula is C16H23NS. The van der Waals surface area contributed by atoms with Crippen LogP contribution in [-0.4, -0.2) is 17.8 Å². The summed E-state index contributed by atoms with van der Waals surface area (Å²) < 4.78 is 0. The SMILES string of the molecule is CC(CCNC1CC1)CC1Cc2ccccc2S1. The Morgan fingerprint density at radius 1 is 1.33 bits per heavy atom. The van der Waals surface area contributed by atoms with Crippen LogP contribution in [0, 0.1) is 5.92 Å². The first kappa shape index (κ1) is 12.6. The molecule has 1 nitrogen and oxygen atoms in total. The van der Waals surface area contributed by atoms with Gasteiger partial charge in [-0.1, -0.05) is 25.1 Å². The van der Waals surface area contributed by atoms with Crippen molar-refractivity contribution in [2.45, 2.75) is 55.2 Å². The van der Waals surface area contributed by atoms with Gasteiger partial charge in [-0.2, -0.15) is 0 Å². The van der Waals surface area contributed by atoms with Gasteiger partial charge in [0.25, 0.3) is 0 Å². The van der Waals surface area contributed by atoms with Gasteiger partial charge in [-0.25, -0.2) is 0 Å². The van der Waals surface area contributed by atoms with Crippen molar-refractivity contribution in [2.24, 2.45) is 5.92 Å². The minimum absolute atomic E-state index is 0.818. The zero-order valence-corrected chi connectivity index (χ0v) is 12.0. The summed E-state index contributed by atoms with van der Waals surface area (Å²) in [7, 11) is 0. The maximum Gasteiger partial charge on any atom is 0.0138 e. The maximum absolute atomic E-state index is 3.62. The molecule has 1 saturated carbocycles. The average molecular weight is 261 g/mol. The molecule has 1 heterocycles. The van der Waals surface area contributed by atoms with Gasteiger partial charge in [0.2, 0.25) is 0 Å². The Morgan fingerprint density at radius 3 is 2.94 bits per heavy atom. The van der Waals surface area contributed by atoms with Gasteiger partial charge in [-0.3, -0.25) is 0 Å². The molecule has 0 radical (unpaired) electrons. The van der Waals surface area contributed by atoms with Crippen LogP contribution < -0.4 is 5.32 Å².